The van der Waals surface area contributed by atoms with Gasteiger partial charge in [0.2, 0.25) is 0 Å². The lowest BCUT2D eigenvalue weighted by Crippen LogP contribution is -2.43. The van der Waals surface area contributed by atoms with E-state index in [0.29, 0.717) is 34.0 Å². The van der Waals surface area contributed by atoms with Gasteiger partial charge in [-0.3, -0.25) is 9.78 Å². The summed E-state index contributed by atoms with van der Waals surface area (Å²) in [4.78, 5) is 32.1. The highest BCUT2D eigenvalue weighted by Crippen LogP contribution is 2.38. The predicted molar refractivity (Wildman–Crippen MR) is 118 cm³/mol. The number of amides is 3. The zero-order chi connectivity index (χ0) is 25.5. The molecule has 182 valence electrons. The van der Waals surface area contributed by atoms with Crippen LogP contribution < -0.4 is 10.2 Å². The first-order valence-electron chi connectivity index (χ1n) is 10.4. The topological polar surface area (TPSA) is 65.5 Å². The molecule has 1 N–H and O–H groups in total. The van der Waals surface area contributed by atoms with E-state index in [2.05, 4.69) is 10.3 Å². The molecule has 4 rings (SSSR count). The van der Waals surface area contributed by atoms with Gasteiger partial charge in [0.1, 0.15) is 17.2 Å². The van der Waals surface area contributed by atoms with Crippen molar-refractivity contribution < 1.29 is 31.5 Å². The van der Waals surface area contributed by atoms with Crippen molar-refractivity contribution in [1.82, 2.24) is 9.88 Å². The molecule has 6 nitrogen and oxygen atoms in total. The van der Waals surface area contributed by atoms with E-state index in [1.54, 1.807) is 18.3 Å². The number of halogens is 5. The number of urea groups is 1. The number of benzene rings is 2. The fourth-order valence-electron chi connectivity index (χ4n) is 3.76. The third-order valence-corrected chi connectivity index (χ3v) is 5.68. The van der Waals surface area contributed by atoms with Crippen molar-refractivity contribution in [2.24, 2.45) is 0 Å². The Hall–Kier alpha value is -4.02. The van der Waals surface area contributed by atoms with Gasteiger partial charge in [0, 0.05) is 11.9 Å². The van der Waals surface area contributed by atoms with E-state index in [-0.39, 0.29) is 6.54 Å². The number of alkyl halides is 3. The van der Waals surface area contributed by atoms with E-state index in [0.717, 1.165) is 11.0 Å². The van der Waals surface area contributed by atoms with E-state index >= 15 is 0 Å². The van der Waals surface area contributed by atoms with Crippen molar-refractivity contribution in [2.75, 3.05) is 10.2 Å². The van der Waals surface area contributed by atoms with Crippen LogP contribution in [0, 0.1) is 11.6 Å². The Kier molecular flexibility index (Phi) is 5.95. The van der Waals surface area contributed by atoms with Crippen LogP contribution in [0.2, 0.25) is 0 Å². The smallest absolute Gasteiger partial charge is 0.354 e. The van der Waals surface area contributed by atoms with E-state index in [9.17, 15) is 31.5 Å². The van der Waals surface area contributed by atoms with Gasteiger partial charge in [-0.1, -0.05) is 6.07 Å². The summed E-state index contributed by atoms with van der Waals surface area (Å²) in [6.45, 7) is 2.72. The van der Waals surface area contributed by atoms with Crippen LogP contribution in [0.4, 0.5) is 43.8 Å². The van der Waals surface area contributed by atoms with Gasteiger partial charge in [0.15, 0.2) is 0 Å². The van der Waals surface area contributed by atoms with E-state index < -0.39 is 46.5 Å². The number of nitrogens with one attached hydrogen (secondary N) is 1. The maximum Gasteiger partial charge on any atom is 0.419 e. The van der Waals surface area contributed by atoms with Gasteiger partial charge in [-0.2, -0.15) is 13.2 Å². The Balaban J connectivity index is 1.69. The summed E-state index contributed by atoms with van der Waals surface area (Å²) in [5.41, 5.74) is -2.14. The van der Waals surface area contributed by atoms with Gasteiger partial charge in [0.25, 0.3) is 5.91 Å². The minimum Gasteiger partial charge on any atom is -0.354 e. The number of pyridine rings is 1. The molecule has 0 bridgehead atoms. The highest BCUT2D eigenvalue weighted by atomic mass is 19.4. The summed E-state index contributed by atoms with van der Waals surface area (Å²) in [7, 11) is 0. The van der Waals surface area contributed by atoms with Gasteiger partial charge in [-0.15, -0.1) is 0 Å². The van der Waals surface area contributed by atoms with E-state index in [1.165, 1.54) is 38.2 Å². The normalized spacial score (nSPS) is 15.6. The van der Waals surface area contributed by atoms with Crippen LogP contribution in [0.5, 0.6) is 0 Å². The number of aromatic nitrogens is 1. The minimum atomic E-state index is -5.01. The molecule has 0 saturated carbocycles. The first-order valence-corrected chi connectivity index (χ1v) is 10.4. The van der Waals surface area contributed by atoms with Crippen molar-refractivity contribution in [1.29, 1.82) is 0 Å². The van der Waals surface area contributed by atoms with Crippen molar-refractivity contribution >= 4 is 29.0 Å². The zero-order valence-electron chi connectivity index (χ0n) is 18.5. The van der Waals surface area contributed by atoms with Crippen molar-refractivity contribution in [3.63, 3.8) is 0 Å². The minimum absolute atomic E-state index is 0.162. The fourth-order valence-corrected chi connectivity index (χ4v) is 3.76. The molecule has 0 radical (unpaired) electrons. The maximum absolute atomic E-state index is 14.0. The number of rotatable bonds is 5. The van der Waals surface area contributed by atoms with Crippen LogP contribution >= 0.6 is 0 Å². The predicted octanol–water partition coefficient (Wildman–Crippen LogP) is 5.87. The Labute approximate surface area is 197 Å². The van der Waals surface area contributed by atoms with Crippen LogP contribution in [0.3, 0.4) is 0 Å². The number of hydrogen-bond donors (Lipinski definition) is 1. The Morgan fingerprint density at radius 2 is 1.77 bits per heavy atom. The van der Waals surface area contributed by atoms with Crippen LogP contribution in [0.25, 0.3) is 0 Å². The van der Waals surface area contributed by atoms with Gasteiger partial charge in [0.05, 0.1) is 29.7 Å². The Bertz CT molecular complexity index is 1290. The second-order valence-electron chi connectivity index (χ2n) is 8.40. The van der Waals surface area contributed by atoms with Gasteiger partial charge >= 0.3 is 12.2 Å². The van der Waals surface area contributed by atoms with Crippen molar-refractivity contribution in [3.8, 4) is 0 Å². The SMILES string of the molecule is CC1(C)C(=O)N(c2ccc(F)c(C(F)(F)F)c2)C(=O)N1Cc1ccc(F)cc1Nc1cccnc1. The number of hydrogen-bond acceptors (Lipinski definition) is 4. The molecule has 0 unspecified atom stereocenters. The van der Waals surface area contributed by atoms with E-state index in [4.69, 9.17) is 0 Å². The highest BCUT2D eigenvalue weighted by Gasteiger charge is 2.52. The molecule has 0 atom stereocenters. The lowest BCUT2D eigenvalue weighted by Gasteiger charge is -2.28. The van der Waals surface area contributed by atoms with Crippen LogP contribution in [-0.4, -0.2) is 27.4 Å². The molecule has 3 aromatic rings. The van der Waals surface area contributed by atoms with Gasteiger partial charge < -0.3 is 10.2 Å². The third kappa shape index (κ3) is 4.53. The highest BCUT2D eigenvalue weighted by molar-refractivity contribution is 6.23. The molecule has 0 aliphatic carbocycles. The second kappa shape index (κ2) is 8.64. The molecule has 1 saturated heterocycles. The lowest BCUT2D eigenvalue weighted by molar-refractivity contribution is -0.140. The van der Waals surface area contributed by atoms with Crippen LogP contribution in [0.15, 0.2) is 60.9 Å². The largest absolute Gasteiger partial charge is 0.419 e. The Morgan fingerprint density at radius 1 is 1.03 bits per heavy atom. The summed E-state index contributed by atoms with van der Waals surface area (Å²) >= 11 is 0. The molecule has 2 heterocycles. The summed E-state index contributed by atoms with van der Waals surface area (Å²) in [5.74, 6) is -2.85. The molecule has 1 aliphatic rings. The first kappa shape index (κ1) is 24.1. The molecule has 11 heteroatoms. The number of nitrogens with zero attached hydrogens (tertiary/aromatic N) is 3. The molecule has 1 aliphatic heterocycles. The zero-order valence-corrected chi connectivity index (χ0v) is 18.5. The second-order valence-corrected chi connectivity index (χ2v) is 8.40. The fraction of sp³-hybridized carbons (Fsp3) is 0.208. The van der Waals surface area contributed by atoms with E-state index in [1.807, 2.05) is 0 Å². The van der Waals surface area contributed by atoms with Crippen molar-refractivity contribution in [2.45, 2.75) is 32.1 Å². The molecule has 1 fully saturated rings. The molecule has 2 aromatic carbocycles. The number of carbonyl (C=O) groups is 2. The number of imide groups is 1. The number of carbonyl (C=O) groups excluding carboxylic acids is 2. The summed E-state index contributed by atoms with van der Waals surface area (Å²) in [6.07, 6.45) is -1.94. The average molecular weight is 490 g/mol. The standard InChI is InChI=1S/C24H19F5N4O2/c1-23(2)21(34)33(17-7-8-19(26)18(11-17)24(27,28)29)22(35)32(23)13-14-5-6-15(25)10-20(14)31-16-4-3-9-30-12-16/h3-12,31H,13H2,1-2H3. The van der Waals surface area contributed by atoms with Gasteiger partial charge in [-0.25, -0.2) is 18.5 Å². The maximum atomic E-state index is 14.0. The molecule has 3 amide bonds. The summed E-state index contributed by atoms with van der Waals surface area (Å²) < 4.78 is 67.3. The average Bonchev–Trinajstić information content (AvgIpc) is 2.95. The van der Waals surface area contributed by atoms with Crippen molar-refractivity contribution in [3.05, 3.63) is 83.7 Å². The van der Waals surface area contributed by atoms with Crippen LogP contribution in [0.1, 0.15) is 25.0 Å². The molecule has 1 aromatic heterocycles. The van der Waals surface area contributed by atoms with Gasteiger partial charge in [-0.05, 0) is 61.9 Å². The summed E-state index contributed by atoms with van der Waals surface area (Å²) in [5, 5.41) is 3.01. The number of anilines is 3. The molecule has 35 heavy (non-hydrogen) atoms. The molecular formula is C24H19F5N4O2. The van der Waals surface area contributed by atoms with Crippen LogP contribution in [-0.2, 0) is 17.5 Å². The monoisotopic (exact) mass is 490 g/mol. The molecule has 0 spiro atoms. The first-order chi connectivity index (χ1) is 16.4. The summed E-state index contributed by atoms with van der Waals surface area (Å²) in [6, 6.07) is 8.24. The third-order valence-electron chi connectivity index (χ3n) is 5.68. The molecular weight excluding hydrogens is 471 g/mol. The quantitative estimate of drug-likeness (QED) is 0.359. The Morgan fingerprint density at radius 3 is 2.43 bits per heavy atom. The lowest BCUT2D eigenvalue weighted by atomic mass is 10.0.